The first-order valence-electron chi connectivity index (χ1n) is 9.07. The quantitative estimate of drug-likeness (QED) is 0.526. The van der Waals surface area contributed by atoms with Gasteiger partial charge in [-0.3, -0.25) is 4.79 Å². The van der Waals surface area contributed by atoms with Crippen LogP contribution >= 0.6 is 0 Å². The molecule has 0 bridgehead atoms. The second kappa shape index (κ2) is 6.21. The number of hydrazone groups is 1. The van der Waals surface area contributed by atoms with Crippen LogP contribution in [0.1, 0.15) is 12.5 Å². The van der Waals surface area contributed by atoms with Gasteiger partial charge < -0.3 is 9.30 Å². The monoisotopic (exact) mass is 357 g/mol. The van der Waals surface area contributed by atoms with Crippen LogP contribution in [0, 0.1) is 0 Å². The van der Waals surface area contributed by atoms with Gasteiger partial charge >= 0.3 is 0 Å². The van der Waals surface area contributed by atoms with Crippen molar-refractivity contribution in [1.29, 1.82) is 0 Å². The third-order valence-corrected chi connectivity index (χ3v) is 4.99. The van der Waals surface area contributed by atoms with E-state index < -0.39 is 0 Å². The molecule has 3 aromatic rings. The number of amides is 1. The number of rotatable bonds is 4. The van der Waals surface area contributed by atoms with E-state index in [9.17, 15) is 4.79 Å². The summed E-state index contributed by atoms with van der Waals surface area (Å²) < 4.78 is 7.59. The van der Waals surface area contributed by atoms with E-state index in [1.54, 1.807) is 0 Å². The van der Waals surface area contributed by atoms with Crippen LogP contribution < -0.4 is 5.01 Å². The molecular formula is C22H19N3O2. The summed E-state index contributed by atoms with van der Waals surface area (Å²) in [6.45, 7) is 3.53. The minimum absolute atomic E-state index is 0.0962. The van der Waals surface area contributed by atoms with Crippen LogP contribution in [0.5, 0.6) is 0 Å². The molecule has 5 heteroatoms. The molecule has 0 N–H and O–H groups in total. The fourth-order valence-electron chi connectivity index (χ4n) is 3.52. The molecule has 5 rings (SSSR count). The molecule has 134 valence electrons. The van der Waals surface area contributed by atoms with Gasteiger partial charge in [0.2, 0.25) is 0 Å². The first-order valence-corrected chi connectivity index (χ1v) is 9.07. The molecule has 3 heterocycles. The lowest BCUT2D eigenvalue weighted by molar-refractivity contribution is -0.114. The van der Waals surface area contributed by atoms with Gasteiger partial charge in [0.1, 0.15) is 0 Å². The summed E-state index contributed by atoms with van der Waals surface area (Å²) in [6.07, 6.45) is 4.35. The second-order valence-electron chi connectivity index (χ2n) is 6.91. The van der Waals surface area contributed by atoms with Crippen LogP contribution in [0.4, 0.5) is 5.69 Å². The summed E-state index contributed by atoms with van der Waals surface area (Å²) >= 11 is 0. The number of aromatic nitrogens is 1. The Hall–Kier alpha value is -3.18. The van der Waals surface area contributed by atoms with Crippen LogP contribution in [0.25, 0.3) is 17.0 Å². The molecule has 1 amide bonds. The number of anilines is 1. The lowest BCUT2D eigenvalue weighted by atomic mass is 10.1. The topological polar surface area (TPSA) is 50.1 Å². The SMILES string of the molecule is CC1=NN(c2ccccc2)C(=O)C1=Cc1cn(CC2CO2)c2ccccc12. The molecule has 0 aliphatic carbocycles. The number of hydrogen-bond donors (Lipinski definition) is 0. The number of benzene rings is 2. The van der Waals surface area contributed by atoms with Crippen molar-refractivity contribution in [2.24, 2.45) is 5.10 Å². The summed E-state index contributed by atoms with van der Waals surface area (Å²) in [5.41, 5.74) is 4.31. The first-order chi connectivity index (χ1) is 13.2. The number of epoxide rings is 1. The van der Waals surface area contributed by atoms with Crippen molar-refractivity contribution in [3.8, 4) is 0 Å². The van der Waals surface area contributed by atoms with Crippen molar-refractivity contribution in [1.82, 2.24) is 4.57 Å². The van der Waals surface area contributed by atoms with Crippen LogP contribution in [0.2, 0.25) is 0 Å². The normalized spacial score (nSPS) is 20.6. The van der Waals surface area contributed by atoms with E-state index in [1.165, 1.54) is 5.01 Å². The van der Waals surface area contributed by atoms with Gasteiger partial charge in [0, 0.05) is 22.7 Å². The molecule has 27 heavy (non-hydrogen) atoms. The Kier molecular flexibility index (Phi) is 3.69. The van der Waals surface area contributed by atoms with Crippen LogP contribution in [-0.4, -0.2) is 28.9 Å². The van der Waals surface area contributed by atoms with Gasteiger partial charge in [0.15, 0.2) is 0 Å². The fraction of sp³-hybridized carbons (Fsp3) is 0.182. The number of hydrogen-bond acceptors (Lipinski definition) is 3. The third kappa shape index (κ3) is 2.86. The van der Waals surface area contributed by atoms with E-state index in [0.29, 0.717) is 11.7 Å². The Balaban J connectivity index is 1.55. The summed E-state index contributed by atoms with van der Waals surface area (Å²) in [6, 6.07) is 17.8. The average Bonchev–Trinajstić information content (AvgIpc) is 3.39. The lowest BCUT2D eigenvalue weighted by Crippen LogP contribution is -2.21. The first kappa shape index (κ1) is 16.0. The predicted molar refractivity (Wildman–Crippen MR) is 107 cm³/mol. The minimum Gasteiger partial charge on any atom is -0.371 e. The zero-order valence-corrected chi connectivity index (χ0v) is 15.0. The third-order valence-electron chi connectivity index (χ3n) is 4.99. The number of nitrogens with zero attached hydrogens (tertiary/aromatic N) is 3. The average molecular weight is 357 g/mol. The minimum atomic E-state index is -0.0962. The molecule has 5 nitrogen and oxygen atoms in total. The number of carbonyl (C=O) groups is 1. The predicted octanol–water partition coefficient (Wildman–Crippen LogP) is 3.85. The largest absolute Gasteiger partial charge is 0.371 e. The van der Waals surface area contributed by atoms with Crippen molar-refractivity contribution in [3.63, 3.8) is 0 Å². The summed E-state index contributed by atoms with van der Waals surface area (Å²) in [7, 11) is 0. The molecule has 2 aliphatic heterocycles. The van der Waals surface area contributed by atoms with E-state index in [-0.39, 0.29) is 5.91 Å². The molecule has 1 fully saturated rings. The molecule has 0 spiro atoms. The van der Waals surface area contributed by atoms with Gasteiger partial charge in [0.05, 0.1) is 36.2 Å². The maximum atomic E-state index is 13.0. The zero-order chi connectivity index (χ0) is 18.4. The summed E-state index contributed by atoms with van der Waals surface area (Å²) in [4.78, 5) is 13.0. The molecule has 1 atom stereocenters. The van der Waals surface area contributed by atoms with Gasteiger partial charge in [-0.1, -0.05) is 36.4 Å². The zero-order valence-electron chi connectivity index (χ0n) is 15.0. The van der Waals surface area contributed by atoms with Gasteiger partial charge in [-0.25, -0.2) is 0 Å². The molecule has 1 unspecified atom stereocenters. The molecule has 1 saturated heterocycles. The molecule has 1 aromatic heterocycles. The van der Waals surface area contributed by atoms with Crippen molar-refractivity contribution < 1.29 is 9.53 Å². The van der Waals surface area contributed by atoms with E-state index in [2.05, 4.69) is 28.0 Å². The van der Waals surface area contributed by atoms with E-state index in [1.807, 2.05) is 55.5 Å². The molecule has 2 aliphatic rings. The highest BCUT2D eigenvalue weighted by molar-refractivity contribution is 6.32. The Morgan fingerprint density at radius 2 is 1.89 bits per heavy atom. The van der Waals surface area contributed by atoms with Crippen LogP contribution in [-0.2, 0) is 16.1 Å². The van der Waals surface area contributed by atoms with Gasteiger partial charge in [-0.05, 0) is 31.2 Å². The maximum absolute atomic E-state index is 13.0. The number of ether oxygens (including phenoxy) is 1. The highest BCUT2D eigenvalue weighted by Gasteiger charge is 2.29. The standard InChI is InChI=1S/C22H19N3O2/c1-15-20(22(26)25(23-15)17-7-3-2-4-8-17)11-16-12-24(13-18-14-27-18)21-10-6-5-9-19(16)21/h2-12,18H,13-14H2,1H3. The maximum Gasteiger partial charge on any atom is 0.280 e. The van der Waals surface area contributed by atoms with Crippen molar-refractivity contribution in [2.45, 2.75) is 19.6 Å². The van der Waals surface area contributed by atoms with Gasteiger partial charge in [-0.2, -0.15) is 10.1 Å². The molecular weight excluding hydrogens is 338 g/mol. The number of fused-ring (bicyclic) bond motifs is 1. The lowest BCUT2D eigenvalue weighted by Gasteiger charge is -2.10. The van der Waals surface area contributed by atoms with Gasteiger partial charge in [-0.15, -0.1) is 0 Å². The Labute approximate surface area is 157 Å². The van der Waals surface area contributed by atoms with Gasteiger partial charge in [0.25, 0.3) is 5.91 Å². The van der Waals surface area contributed by atoms with Crippen molar-refractivity contribution in [3.05, 3.63) is 71.9 Å². The van der Waals surface area contributed by atoms with Crippen molar-refractivity contribution >= 4 is 34.3 Å². The summed E-state index contributed by atoms with van der Waals surface area (Å²) in [5.74, 6) is -0.0962. The Bertz CT molecular complexity index is 1090. The number of para-hydroxylation sites is 2. The fourth-order valence-corrected chi connectivity index (χ4v) is 3.52. The van der Waals surface area contributed by atoms with Crippen LogP contribution in [0.3, 0.4) is 0 Å². The second-order valence-corrected chi connectivity index (χ2v) is 6.91. The van der Waals surface area contributed by atoms with E-state index in [4.69, 9.17) is 4.74 Å². The summed E-state index contributed by atoms with van der Waals surface area (Å²) in [5, 5.41) is 7.07. The molecule has 0 saturated carbocycles. The molecule has 0 radical (unpaired) electrons. The Morgan fingerprint density at radius 3 is 2.67 bits per heavy atom. The molecule has 2 aromatic carbocycles. The Morgan fingerprint density at radius 1 is 1.15 bits per heavy atom. The van der Waals surface area contributed by atoms with E-state index in [0.717, 1.165) is 41.0 Å². The van der Waals surface area contributed by atoms with Crippen LogP contribution in [0.15, 0.2) is 71.5 Å². The van der Waals surface area contributed by atoms with E-state index >= 15 is 0 Å². The van der Waals surface area contributed by atoms with Crippen molar-refractivity contribution in [2.75, 3.05) is 11.6 Å². The highest BCUT2D eigenvalue weighted by atomic mass is 16.6. The smallest absolute Gasteiger partial charge is 0.280 e. The highest BCUT2D eigenvalue weighted by Crippen LogP contribution is 2.29. The number of carbonyl (C=O) groups excluding carboxylic acids is 1.